The summed E-state index contributed by atoms with van der Waals surface area (Å²) in [6.07, 6.45) is -4.88. The van der Waals surface area contributed by atoms with Gasteiger partial charge in [-0.05, 0) is 118 Å². The van der Waals surface area contributed by atoms with E-state index in [9.17, 15) is 72.3 Å². The highest BCUT2D eigenvalue weighted by Gasteiger charge is 2.38. The molecule has 13 N–H and O–H groups in total. The molecule has 0 radical (unpaired) electrons. The Kier molecular flexibility index (Phi) is 26.4. The molecule has 27 heteroatoms. The van der Waals surface area contributed by atoms with Crippen LogP contribution in [0.5, 0.6) is 17.2 Å². The molecule has 5 aromatic rings. The maximum atomic E-state index is 14.8. The van der Waals surface area contributed by atoms with E-state index in [1.807, 2.05) is 19.6 Å². The van der Waals surface area contributed by atoms with Crippen LogP contribution in [0.3, 0.4) is 0 Å². The molecule has 0 aliphatic rings. The van der Waals surface area contributed by atoms with Crippen LogP contribution in [-0.4, -0.2) is 144 Å². The zero-order chi connectivity index (χ0) is 66.5. The molecule has 90 heavy (non-hydrogen) atoms. The Labute approximate surface area is 524 Å². The van der Waals surface area contributed by atoms with E-state index in [0.717, 1.165) is 6.92 Å². The van der Waals surface area contributed by atoms with Gasteiger partial charge >= 0.3 is 12.1 Å². The lowest BCUT2D eigenvalue weighted by molar-refractivity contribution is -0.149. The van der Waals surface area contributed by atoms with Crippen molar-refractivity contribution in [3.63, 3.8) is 0 Å². The minimum atomic E-state index is -3.78. The number of phenolic OH excluding ortho intramolecular Hbond substituents is 3. The Balaban J connectivity index is 1.44. The first-order chi connectivity index (χ1) is 42.3. The monoisotopic (exact) mass is 1280 g/mol. The number of aliphatic hydroxyl groups excluding tert-OH is 2. The van der Waals surface area contributed by atoms with Crippen LogP contribution in [0.2, 0.25) is 25.7 Å². The molecule has 7 amide bonds. The Morgan fingerprint density at radius 3 is 1.37 bits per heavy atom. The number of carbonyl (C=O) groups is 8. The number of alkyl carbamates (subject to hydrolysis) is 1. The number of aromatic hydroxyl groups is 3. The number of hydrogen-bond donors (Lipinski definition) is 13. The van der Waals surface area contributed by atoms with E-state index in [-0.39, 0.29) is 72.1 Å². The van der Waals surface area contributed by atoms with Crippen molar-refractivity contribution in [2.45, 2.75) is 146 Å². The van der Waals surface area contributed by atoms with Crippen LogP contribution >= 0.6 is 0 Å². The van der Waals surface area contributed by atoms with Crippen molar-refractivity contribution in [3.05, 3.63) is 161 Å². The van der Waals surface area contributed by atoms with Gasteiger partial charge in [-0.3, -0.25) is 28.8 Å². The van der Waals surface area contributed by atoms with Gasteiger partial charge in [-0.15, -0.1) is 0 Å². The van der Waals surface area contributed by atoms with E-state index >= 15 is 0 Å². The number of rotatable bonds is 31. The molecule has 0 aliphatic heterocycles. The molecule has 0 saturated heterocycles. The van der Waals surface area contributed by atoms with Crippen LogP contribution in [0, 0.1) is 0 Å². The molecule has 0 aliphatic carbocycles. The summed E-state index contributed by atoms with van der Waals surface area (Å²) in [6.45, 7) is 12.8. The fraction of sp³-hybridized carbons (Fsp3) is 0.397. The molecule has 5 rings (SSSR count). The van der Waals surface area contributed by atoms with Crippen LogP contribution in [-0.2, 0) is 66.1 Å². The summed E-state index contributed by atoms with van der Waals surface area (Å²) >= 11 is 0. The predicted octanol–water partition coefficient (Wildman–Crippen LogP) is 3.81. The summed E-state index contributed by atoms with van der Waals surface area (Å²) in [4.78, 5) is 114. The van der Waals surface area contributed by atoms with Crippen LogP contribution in [0.1, 0.15) is 93.4 Å². The summed E-state index contributed by atoms with van der Waals surface area (Å²) in [7, 11) is -5.56. The van der Waals surface area contributed by atoms with Crippen LogP contribution < -0.4 is 41.9 Å². The average molecular weight is 1280 g/mol. The summed E-state index contributed by atoms with van der Waals surface area (Å²) in [5.41, 5.74) is 0.377. The van der Waals surface area contributed by atoms with Gasteiger partial charge in [0.05, 0.1) is 18.0 Å². The third kappa shape index (κ3) is 23.9. The molecule has 0 fully saturated rings. The number of benzene rings is 5. The molecule has 0 aromatic heterocycles. The maximum absolute atomic E-state index is 14.8. The second-order valence-corrected chi connectivity index (χ2v) is 31.3. The molecule has 0 unspecified atom stereocenters. The first-order valence-electron chi connectivity index (χ1n) is 29.0. The number of aliphatic hydroxyl groups is 2. The second-order valence-electron chi connectivity index (χ2n) is 23.8. The van der Waals surface area contributed by atoms with Crippen LogP contribution in [0.4, 0.5) is 4.79 Å². The van der Waals surface area contributed by atoms with Gasteiger partial charge in [0.1, 0.15) is 71.7 Å². The molecule has 25 nitrogen and oxygen atoms in total. The molecular formula is C63H82N8O17SSi. The lowest BCUT2D eigenvalue weighted by Gasteiger charge is -2.29. The van der Waals surface area contributed by atoms with Crippen molar-refractivity contribution in [1.29, 1.82) is 0 Å². The van der Waals surface area contributed by atoms with E-state index in [4.69, 9.17) is 9.47 Å². The van der Waals surface area contributed by atoms with E-state index in [1.165, 1.54) is 79.7 Å². The highest BCUT2D eigenvalue weighted by atomic mass is 32.2. The Hall–Kier alpha value is -8.89. The van der Waals surface area contributed by atoms with Crippen LogP contribution in [0.25, 0.3) is 0 Å². The molecular weight excluding hydrogens is 1200 g/mol. The van der Waals surface area contributed by atoms with Gasteiger partial charge in [0.15, 0.2) is 0 Å². The van der Waals surface area contributed by atoms with E-state index in [0.29, 0.717) is 17.2 Å². The second kappa shape index (κ2) is 33.1. The molecule has 0 heterocycles. The van der Waals surface area contributed by atoms with Gasteiger partial charge in [-0.25, -0.2) is 22.7 Å². The van der Waals surface area contributed by atoms with Crippen molar-refractivity contribution in [1.82, 2.24) is 41.9 Å². The standard InChI is InChI=1S/C63H82N8O17SSi/c1-38(72)50(56(78)66-49(36-40-16-11-9-12-17-40)61(83)87-37-41-18-13-10-14-19-41)68-59(81)52(42-21-27-45(74)28-22-42)70-60(82)53(43-23-29-46(75)30-24-43)69-57(79)51(39(2)73)67-55(77)48(20-15-33-64-89(85,86)34-35-90(6,7)8)65-58(80)54(44-25-31-47(76)32-26-44)71-62(84)88-63(3,4)5/h9-14,16-19,21-32,38-39,48-54,64,72-76H,15,20,33-37H2,1-8H3,(H,65,80)(H,66,78)(H,67,77)(H,68,81)(H,69,79)(H,70,82)(H,71,84)/t38-,39+,48+,49-,50-,51+,52+,53-,54+/m0/s1. The molecule has 9 atom stereocenters. The van der Waals surface area contributed by atoms with Gasteiger partial charge < -0.3 is 72.2 Å². The zero-order valence-electron chi connectivity index (χ0n) is 51.4. The SMILES string of the molecule is C[C@H](O)[C@H](NC(=O)[C@H](NC(=O)[C@@H](NC(=O)[C@H](NC(=O)[C@@H](CCCNS(=O)(=O)CC[Si](C)(C)C)NC(=O)[C@H](NC(=O)OC(C)(C)C)c1ccc(O)cc1)[C@@H](C)O)c1ccc(O)cc1)c1ccc(O)cc1)C(=O)N[C@@H](Cc1ccccc1)C(=O)OCc1ccccc1. The average Bonchev–Trinajstić information content (AvgIpc) is 1.85. The zero-order valence-corrected chi connectivity index (χ0v) is 53.2. The van der Waals surface area contributed by atoms with Crippen molar-refractivity contribution in [2.24, 2.45) is 0 Å². The lowest BCUT2D eigenvalue weighted by atomic mass is 10.0. The molecule has 5 aromatic carbocycles. The predicted molar refractivity (Wildman–Crippen MR) is 335 cm³/mol. The summed E-state index contributed by atoms with van der Waals surface area (Å²) < 4.78 is 39.5. The van der Waals surface area contributed by atoms with E-state index < -0.39 is 126 Å². The van der Waals surface area contributed by atoms with Gasteiger partial charge in [-0.1, -0.05) is 117 Å². The molecule has 486 valence electrons. The largest absolute Gasteiger partial charge is 0.508 e. The fourth-order valence-electron chi connectivity index (χ4n) is 8.79. The minimum absolute atomic E-state index is 0.00107. The smallest absolute Gasteiger partial charge is 0.408 e. The van der Waals surface area contributed by atoms with E-state index in [2.05, 4.69) is 41.9 Å². The number of amides is 7. The molecule has 0 saturated carbocycles. The third-order valence-corrected chi connectivity index (χ3v) is 17.2. The third-order valence-electron chi connectivity index (χ3n) is 13.7. The van der Waals surface area contributed by atoms with Crippen molar-refractivity contribution >= 4 is 65.6 Å². The van der Waals surface area contributed by atoms with Crippen LogP contribution in [0.15, 0.2) is 133 Å². The number of phenols is 3. The first kappa shape index (κ1) is 71.9. The summed E-state index contributed by atoms with van der Waals surface area (Å²) in [5, 5.41) is 70.3. The van der Waals surface area contributed by atoms with Crippen molar-refractivity contribution in [3.8, 4) is 17.2 Å². The number of nitrogens with one attached hydrogen (secondary N) is 8. The maximum Gasteiger partial charge on any atom is 0.408 e. The lowest BCUT2D eigenvalue weighted by Crippen LogP contribution is -2.59. The highest BCUT2D eigenvalue weighted by molar-refractivity contribution is 7.89. The molecule has 0 spiro atoms. The molecule has 0 bridgehead atoms. The van der Waals surface area contributed by atoms with Gasteiger partial charge in [0.25, 0.3) is 0 Å². The van der Waals surface area contributed by atoms with Gasteiger partial charge in [-0.2, -0.15) is 0 Å². The number of esters is 1. The normalized spacial score (nSPS) is 14.6. The van der Waals surface area contributed by atoms with Crippen molar-refractivity contribution in [2.75, 3.05) is 12.3 Å². The summed E-state index contributed by atoms with van der Waals surface area (Å²) in [6, 6.07) is 20.9. The van der Waals surface area contributed by atoms with E-state index in [1.54, 1.807) is 81.4 Å². The fourth-order valence-corrected chi connectivity index (χ4v) is 12.9. The number of hydrogen-bond acceptors (Lipinski definition) is 17. The first-order valence-corrected chi connectivity index (χ1v) is 34.4. The number of carbonyl (C=O) groups excluding carboxylic acids is 8. The number of ether oxygens (including phenoxy) is 2. The topological polar surface area (TPSA) is 387 Å². The Morgan fingerprint density at radius 2 is 0.911 bits per heavy atom. The van der Waals surface area contributed by atoms with Gasteiger partial charge in [0.2, 0.25) is 45.5 Å². The summed E-state index contributed by atoms with van der Waals surface area (Å²) in [5.74, 6) is -8.27. The minimum Gasteiger partial charge on any atom is -0.508 e. The van der Waals surface area contributed by atoms with Gasteiger partial charge in [0, 0.05) is 21.0 Å². The number of sulfonamides is 1. The highest BCUT2D eigenvalue weighted by Crippen LogP contribution is 2.24. The Bertz CT molecular complexity index is 3330. The quantitative estimate of drug-likeness (QED) is 0.0170. The van der Waals surface area contributed by atoms with Crippen molar-refractivity contribution < 1.29 is 81.8 Å². The Morgan fingerprint density at radius 1 is 0.511 bits per heavy atom.